The third kappa shape index (κ3) is 2.78. The fourth-order valence-electron chi connectivity index (χ4n) is 2.51. The van der Waals surface area contributed by atoms with Crippen LogP contribution in [0.15, 0.2) is 48.9 Å². The van der Waals surface area contributed by atoms with Crippen LogP contribution in [0.5, 0.6) is 0 Å². The molecular formula is C18H15F2N3O. The van der Waals surface area contributed by atoms with E-state index in [1.165, 1.54) is 24.5 Å². The molecule has 2 aromatic heterocycles. The van der Waals surface area contributed by atoms with Gasteiger partial charge in [0.15, 0.2) is 17.4 Å². The van der Waals surface area contributed by atoms with Crippen LogP contribution in [0.4, 0.5) is 8.78 Å². The smallest absolute Gasteiger partial charge is 0.197 e. The van der Waals surface area contributed by atoms with E-state index in [1.807, 2.05) is 0 Å². The van der Waals surface area contributed by atoms with Crippen molar-refractivity contribution in [3.05, 3.63) is 71.7 Å². The summed E-state index contributed by atoms with van der Waals surface area (Å²) < 4.78 is 27.8. The molecule has 0 atom stereocenters. The molecule has 0 unspecified atom stereocenters. The van der Waals surface area contributed by atoms with Gasteiger partial charge in [-0.25, -0.2) is 13.8 Å². The number of hydrogen-bond donors (Lipinski definition) is 1. The molecule has 0 saturated heterocycles. The van der Waals surface area contributed by atoms with Gasteiger partial charge in [-0.1, -0.05) is 12.1 Å². The van der Waals surface area contributed by atoms with Crippen LogP contribution in [0, 0.1) is 11.6 Å². The molecule has 1 N–H and O–H groups in total. The first-order valence-electron chi connectivity index (χ1n) is 7.28. The van der Waals surface area contributed by atoms with E-state index in [0.717, 1.165) is 6.07 Å². The minimum Gasteiger partial charge on any atom is -0.383 e. The van der Waals surface area contributed by atoms with Gasteiger partial charge in [0.2, 0.25) is 0 Å². The molecule has 122 valence electrons. The average Bonchev–Trinajstić information content (AvgIpc) is 2.99. The van der Waals surface area contributed by atoms with Gasteiger partial charge in [-0.2, -0.15) is 0 Å². The number of carbonyl (C=O) groups excluding carboxylic acids is 1. The first kappa shape index (κ1) is 15.9. The number of aromatic nitrogens is 2. The second-order valence-electron chi connectivity index (χ2n) is 5.54. The Morgan fingerprint density at radius 3 is 2.71 bits per heavy atom. The summed E-state index contributed by atoms with van der Waals surface area (Å²) in [4.78, 5) is 21.7. The summed E-state index contributed by atoms with van der Waals surface area (Å²) in [5.41, 5.74) is 0.910. The molecule has 0 spiro atoms. The zero-order valence-electron chi connectivity index (χ0n) is 13.2. The number of nitrogens with zero attached hydrogens (tertiary/aromatic N) is 2. The molecule has 0 radical (unpaired) electrons. The molecule has 1 aromatic carbocycles. The van der Waals surface area contributed by atoms with Crippen molar-refractivity contribution in [1.82, 2.24) is 14.9 Å². The summed E-state index contributed by atoms with van der Waals surface area (Å²) in [7, 11) is 3.42. The third-order valence-corrected chi connectivity index (χ3v) is 3.57. The number of rotatable bonds is 4. The first-order valence-corrected chi connectivity index (χ1v) is 7.28. The predicted molar refractivity (Wildman–Crippen MR) is 88.4 cm³/mol. The van der Waals surface area contributed by atoms with Crippen LogP contribution in [0.25, 0.3) is 16.6 Å². The van der Waals surface area contributed by atoms with Crippen LogP contribution >= 0.6 is 0 Å². The summed E-state index contributed by atoms with van der Waals surface area (Å²) >= 11 is 0. The van der Waals surface area contributed by atoms with Crippen LogP contribution in [-0.2, 0) is 0 Å². The standard InChI is InChI=1S/C18H15F2N3O/c1-23(2)10-14(11-5-3-7-15(19)16(11)20)17(24)13-9-22-18-12(13)6-4-8-21-18/h3-10H,1-2H3,(H,21,22). The molecular weight excluding hydrogens is 312 g/mol. The number of carbonyl (C=O) groups is 1. The summed E-state index contributed by atoms with van der Waals surface area (Å²) in [6, 6.07) is 7.25. The van der Waals surface area contributed by atoms with Gasteiger partial charge >= 0.3 is 0 Å². The second-order valence-corrected chi connectivity index (χ2v) is 5.54. The number of halogens is 2. The SMILES string of the molecule is CN(C)C=C(C(=O)c1c[nH]c2ncccc12)c1cccc(F)c1F. The normalized spacial score (nSPS) is 11.8. The number of hydrogen-bond acceptors (Lipinski definition) is 3. The van der Waals surface area contributed by atoms with E-state index >= 15 is 0 Å². The number of nitrogens with one attached hydrogen (secondary N) is 1. The first-order chi connectivity index (χ1) is 11.5. The molecule has 6 heteroatoms. The minimum absolute atomic E-state index is 0.0711. The van der Waals surface area contributed by atoms with Gasteiger partial charge in [0.25, 0.3) is 0 Å². The minimum atomic E-state index is -1.04. The van der Waals surface area contributed by atoms with Gasteiger partial charge in [-0.3, -0.25) is 4.79 Å². The maximum absolute atomic E-state index is 14.2. The Bertz CT molecular complexity index is 944. The summed E-state index contributed by atoms with van der Waals surface area (Å²) in [6.45, 7) is 0. The molecule has 0 fully saturated rings. The Morgan fingerprint density at radius 1 is 1.17 bits per heavy atom. The van der Waals surface area contributed by atoms with Crippen LogP contribution in [0.1, 0.15) is 15.9 Å². The lowest BCUT2D eigenvalue weighted by molar-refractivity contribution is 0.105. The maximum atomic E-state index is 14.2. The molecule has 4 nitrogen and oxygen atoms in total. The van der Waals surface area contributed by atoms with E-state index in [4.69, 9.17) is 0 Å². The lowest BCUT2D eigenvalue weighted by Gasteiger charge is -2.12. The van der Waals surface area contributed by atoms with Crippen molar-refractivity contribution in [3.63, 3.8) is 0 Å². The van der Waals surface area contributed by atoms with Crippen molar-refractivity contribution >= 4 is 22.4 Å². The number of benzene rings is 1. The maximum Gasteiger partial charge on any atom is 0.197 e. The van der Waals surface area contributed by atoms with Crippen molar-refractivity contribution in [2.45, 2.75) is 0 Å². The third-order valence-electron chi connectivity index (χ3n) is 3.57. The molecule has 0 saturated carbocycles. The molecule has 3 aromatic rings. The van der Waals surface area contributed by atoms with Crippen molar-refractivity contribution in [2.24, 2.45) is 0 Å². The number of Topliss-reactive ketones (excluding diaryl/α,β-unsaturated/α-hetero) is 1. The molecule has 0 amide bonds. The highest BCUT2D eigenvalue weighted by molar-refractivity contribution is 6.32. The topological polar surface area (TPSA) is 49.0 Å². The van der Waals surface area contributed by atoms with Gasteiger partial charge in [-0.05, 0) is 18.2 Å². The van der Waals surface area contributed by atoms with Crippen molar-refractivity contribution in [2.75, 3.05) is 14.1 Å². The van der Waals surface area contributed by atoms with E-state index in [9.17, 15) is 13.6 Å². The van der Waals surface area contributed by atoms with Crippen LogP contribution in [0.3, 0.4) is 0 Å². The average molecular weight is 327 g/mol. The zero-order valence-corrected chi connectivity index (χ0v) is 13.2. The molecule has 0 aliphatic heterocycles. The monoisotopic (exact) mass is 327 g/mol. The van der Waals surface area contributed by atoms with Gasteiger partial charge < -0.3 is 9.88 Å². The number of fused-ring (bicyclic) bond motifs is 1. The van der Waals surface area contributed by atoms with Gasteiger partial charge in [-0.15, -0.1) is 0 Å². The lowest BCUT2D eigenvalue weighted by atomic mass is 9.97. The van der Waals surface area contributed by atoms with E-state index in [-0.39, 0.29) is 11.1 Å². The zero-order chi connectivity index (χ0) is 17.3. The lowest BCUT2D eigenvalue weighted by Crippen LogP contribution is -2.10. The fraction of sp³-hybridized carbons (Fsp3) is 0.111. The summed E-state index contributed by atoms with van der Waals surface area (Å²) in [5.74, 6) is -2.45. The number of ketones is 1. The van der Waals surface area contributed by atoms with Crippen molar-refractivity contribution in [3.8, 4) is 0 Å². The molecule has 24 heavy (non-hydrogen) atoms. The predicted octanol–water partition coefficient (Wildman–Crippen LogP) is 3.63. The van der Waals surface area contributed by atoms with Gasteiger partial charge in [0, 0.05) is 54.8 Å². The van der Waals surface area contributed by atoms with Crippen molar-refractivity contribution in [1.29, 1.82) is 0 Å². The van der Waals surface area contributed by atoms with E-state index < -0.39 is 17.4 Å². The largest absolute Gasteiger partial charge is 0.383 e. The Kier molecular flexibility index (Phi) is 4.12. The Labute approximate surface area is 137 Å². The van der Waals surface area contributed by atoms with Gasteiger partial charge in [0.05, 0.1) is 0 Å². The highest BCUT2D eigenvalue weighted by Gasteiger charge is 2.22. The van der Waals surface area contributed by atoms with Crippen LogP contribution < -0.4 is 0 Å². The molecule has 2 heterocycles. The van der Waals surface area contributed by atoms with Crippen LogP contribution in [0.2, 0.25) is 0 Å². The summed E-state index contributed by atoms with van der Waals surface area (Å²) in [5, 5.41) is 0.629. The van der Waals surface area contributed by atoms with Crippen LogP contribution in [-0.4, -0.2) is 34.7 Å². The van der Waals surface area contributed by atoms with Crippen molar-refractivity contribution < 1.29 is 13.6 Å². The van der Waals surface area contributed by atoms with Gasteiger partial charge in [0.1, 0.15) is 5.65 Å². The Hall–Kier alpha value is -3.02. The number of pyridine rings is 1. The molecule has 0 bridgehead atoms. The number of allylic oxidation sites excluding steroid dienone is 1. The Morgan fingerprint density at radius 2 is 1.96 bits per heavy atom. The quantitative estimate of drug-likeness (QED) is 0.588. The fourth-order valence-corrected chi connectivity index (χ4v) is 2.51. The van der Waals surface area contributed by atoms with E-state index in [1.54, 1.807) is 37.3 Å². The highest BCUT2D eigenvalue weighted by Crippen LogP contribution is 2.27. The molecule has 3 rings (SSSR count). The Balaban J connectivity index is 2.17. The summed E-state index contributed by atoms with van der Waals surface area (Å²) in [6.07, 6.45) is 4.62. The molecule has 0 aliphatic rings. The highest BCUT2D eigenvalue weighted by atomic mass is 19.2. The number of aromatic amines is 1. The van der Waals surface area contributed by atoms with E-state index in [0.29, 0.717) is 16.6 Å². The van der Waals surface area contributed by atoms with E-state index in [2.05, 4.69) is 9.97 Å². The molecule has 0 aliphatic carbocycles. The second kappa shape index (κ2) is 6.23. The number of H-pyrrole nitrogens is 1.